The molecular weight excluding hydrogens is 209 g/mol. The normalized spacial score (nSPS) is 11.6. The number of rotatable bonds is 2. The van der Waals surface area contributed by atoms with Crippen LogP contribution in [0.4, 0.5) is 13.2 Å². The molecule has 0 spiro atoms. The Balaban J connectivity index is 3.26. The third-order valence-corrected chi connectivity index (χ3v) is 1.73. The number of carbonyl (C=O) groups is 1. The standard InChI is InChI=1S/C10H7F3O2/c1-5(10(14)15)2-6-3-7(11)4-8(12)9(6)13/h2-4H,1H3,(H,14,15). The SMILES string of the molecule is CC(=Cc1cc(F)cc(F)c1F)C(=O)O. The largest absolute Gasteiger partial charge is 0.478 e. The first kappa shape index (κ1) is 11.3. The molecule has 0 heterocycles. The Morgan fingerprint density at radius 3 is 2.47 bits per heavy atom. The lowest BCUT2D eigenvalue weighted by atomic mass is 10.1. The van der Waals surface area contributed by atoms with Crippen LogP contribution in [-0.2, 0) is 4.79 Å². The summed E-state index contributed by atoms with van der Waals surface area (Å²) >= 11 is 0. The van der Waals surface area contributed by atoms with Crippen molar-refractivity contribution in [2.24, 2.45) is 0 Å². The Labute approximate surface area is 83.7 Å². The van der Waals surface area contributed by atoms with E-state index in [0.717, 1.165) is 12.1 Å². The first-order valence-electron chi connectivity index (χ1n) is 3.98. The summed E-state index contributed by atoms with van der Waals surface area (Å²) in [6.45, 7) is 1.20. The molecule has 0 atom stereocenters. The monoisotopic (exact) mass is 216 g/mol. The van der Waals surface area contributed by atoms with Crippen molar-refractivity contribution in [2.75, 3.05) is 0 Å². The van der Waals surface area contributed by atoms with Crippen LogP contribution in [0.25, 0.3) is 6.08 Å². The van der Waals surface area contributed by atoms with Crippen LogP contribution in [0, 0.1) is 17.5 Å². The van der Waals surface area contributed by atoms with Gasteiger partial charge >= 0.3 is 5.97 Å². The van der Waals surface area contributed by atoms with Crippen molar-refractivity contribution in [3.05, 3.63) is 40.7 Å². The first-order valence-corrected chi connectivity index (χ1v) is 3.98. The van der Waals surface area contributed by atoms with Crippen molar-refractivity contribution >= 4 is 12.0 Å². The van der Waals surface area contributed by atoms with Gasteiger partial charge in [0.05, 0.1) is 0 Å². The smallest absolute Gasteiger partial charge is 0.331 e. The van der Waals surface area contributed by atoms with Crippen LogP contribution in [-0.4, -0.2) is 11.1 Å². The van der Waals surface area contributed by atoms with E-state index in [-0.39, 0.29) is 5.57 Å². The maximum absolute atomic E-state index is 13.0. The maximum Gasteiger partial charge on any atom is 0.331 e. The summed E-state index contributed by atoms with van der Waals surface area (Å²) in [4.78, 5) is 10.4. The van der Waals surface area contributed by atoms with Gasteiger partial charge in [-0.15, -0.1) is 0 Å². The van der Waals surface area contributed by atoms with Gasteiger partial charge in [0, 0.05) is 17.2 Å². The van der Waals surface area contributed by atoms with Crippen LogP contribution in [0.1, 0.15) is 12.5 Å². The van der Waals surface area contributed by atoms with Crippen LogP contribution in [0.15, 0.2) is 17.7 Å². The number of benzene rings is 1. The minimum Gasteiger partial charge on any atom is -0.478 e. The fourth-order valence-corrected chi connectivity index (χ4v) is 0.976. The minimum absolute atomic E-state index is 0.209. The van der Waals surface area contributed by atoms with Gasteiger partial charge < -0.3 is 5.11 Å². The van der Waals surface area contributed by atoms with E-state index in [1.807, 2.05) is 0 Å². The van der Waals surface area contributed by atoms with Crippen LogP contribution in [0.2, 0.25) is 0 Å². The van der Waals surface area contributed by atoms with E-state index in [4.69, 9.17) is 5.11 Å². The molecule has 0 aliphatic heterocycles. The summed E-state index contributed by atoms with van der Waals surface area (Å²) in [5.74, 6) is -4.85. The van der Waals surface area contributed by atoms with Gasteiger partial charge in [-0.25, -0.2) is 18.0 Å². The molecule has 1 aromatic rings. The average molecular weight is 216 g/mol. The summed E-state index contributed by atoms with van der Waals surface area (Å²) in [6, 6.07) is 1.12. The van der Waals surface area contributed by atoms with Crippen LogP contribution < -0.4 is 0 Å². The van der Waals surface area contributed by atoms with Crippen LogP contribution >= 0.6 is 0 Å². The third kappa shape index (κ3) is 2.59. The summed E-state index contributed by atoms with van der Waals surface area (Å²) in [7, 11) is 0. The molecule has 0 bridgehead atoms. The molecule has 0 aliphatic carbocycles. The second kappa shape index (κ2) is 4.16. The van der Waals surface area contributed by atoms with Crippen LogP contribution in [0.5, 0.6) is 0 Å². The zero-order valence-corrected chi connectivity index (χ0v) is 7.72. The molecular formula is C10H7F3O2. The van der Waals surface area contributed by atoms with Crippen molar-refractivity contribution in [2.45, 2.75) is 6.92 Å². The second-order valence-electron chi connectivity index (χ2n) is 2.92. The van der Waals surface area contributed by atoms with Crippen molar-refractivity contribution in [3.63, 3.8) is 0 Å². The molecule has 2 nitrogen and oxygen atoms in total. The third-order valence-electron chi connectivity index (χ3n) is 1.73. The van der Waals surface area contributed by atoms with Gasteiger partial charge in [-0.3, -0.25) is 0 Å². The van der Waals surface area contributed by atoms with Gasteiger partial charge in [0.1, 0.15) is 5.82 Å². The van der Waals surface area contributed by atoms with Gasteiger partial charge in [0.25, 0.3) is 0 Å². The Hall–Kier alpha value is -1.78. The highest BCUT2D eigenvalue weighted by Crippen LogP contribution is 2.17. The molecule has 0 radical (unpaired) electrons. The topological polar surface area (TPSA) is 37.3 Å². The molecule has 0 saturated carbocycles. The Morgan fingerprint density at radius 2 is 1.93 bits per heavy atom. The van der Waals surface area contributed by atoms with Gasteiger partial charge in [-0.05, 0) is 19.1 Å². The highest BCUT2D eigenvalue weighted by Gasteiger charge is 2.10. The molecule has 0 unspecified atom stereocenters. The van der Waals surface area contributed by atoms with E-state index in [1.54, 1.807) is 0 Å². The molecule has 0 aromatic heterocycles. The fraction of sp³-hybridized carbons (Fsp3) is 0.100. The van der Waals surface area contributed by atoms with Crippen molar-refractivity contribution in [1.29, 1.82) is 0 Å². The van der Waals surface area contributed by atoms with E-state index >= 15 is 0 Å². The van der Waals surface area contributed by atoms with Gasteiger partial charge in [0.15, 0.2) is 11.6 Å². The molecule has 0 saturated heterocycles. The lowest BCUT2D eigenvalue weighted by Crippen LogP contribution is -1.98. The molecule has 80 valence electrons. The van der Waals surface area contributed by atoms with E-state index in [2.05, 4.69) is 0 Å². The number of hydrogen-bond donors (Lipinski definition) is 1. The van der Waals surface area contributed by atoms with Gasteiger partial charge in [-0.1, -0.05) is 0 Å². The Bertz CT molecular complexity index is 439. The molecule has 0 aliphatic rings. The summed E-state index contributed by atoms with van der Waals surface area (Å²) in [5, 5.41) is 8.49. The Kier molecular flexibility index (Phi) is 3.14. The van der Waals surface area contributed by atoms with Crippen molar-refractivity contribution in [1.82, 2.24) is 0 Å². The van der Waals surface area contributed by atoms with E-state index in [1.165, 1.54) is 6.92 Å². The first-order chi connectivity index (χ1) is 6.91. The number of halogens is 3. The second-order valence-corrected chi connectivity index (χ2v) is 2.92. The summed E-state index contributed by atoms with van der Waals surface area (Å²) < 4.78 is 38.4. The quantitative estimate of drug-likeness (QED) is 0.609. The molecule has 1 N–H and O–H groups in total. The van der Waals surface area contributed by atoms with Crippen molar-refractivity contribution in [3.8, 4) is 0 Å². The lowest BCUT2D eigenvalue weighted by Gasteiger charge is -2.00. The van der Waals surface area contributed by atoms with Gasteiger partial charge in [0.2, 0.25) is 0 Å². The fourth-order valence-electron chi connectivity index (χ4n) is 0.976. The summed E-state index contributed by atoms with van der Waals surface area (Å²) in [6.07, 6.45) is 0.865. The number of carboxylic acid groups (broad SMARTS) is 1. The van der Waals surface area contributed by atoms with E-state index < -0.39 is 29.0 Å². The average Bonchev–Trinajstić information content (AvgIpc) is 2.13. The zero-order valence-electron chi connectivity index (χ0n) is 7.72. The number of hydrogen-bond acceptors (Lipinski definition) is 1. The van der Waals surface area contributed by atoms with Crippen LogP contribution in [0.3, 0.4) is 0 Å². The highest BCUT2D eigenvalue weighted by molar-refractivity contribution is 5.91. The van der Waals surface area contributed by atoms with Gasteiger partial charge in [-0.2, -0.15) is 0 Å². The zero-order chi connectivity index (χ0) is 11.6. The highest BCUT2D eigenvalue weighted by atomic mass is 19.2. The van der Waals surface area contributed by atoms with Crippen molar-refractivity contribution < 1.29 is 23.1 Å². The lowest BCUT2D eigenvalue weighted by molar-refractivity contribution is -0.132. The van der Waals surface area contributed by atoms with E-state index in [9.17, 15) is 18.0 Å². The Morgan fingerprint density at radius 1 is 1.33 bits per heavy atom. The summed E-state index contributed by atoms with van der Waals surface area (Å²) in [5.41, 5.74) is -0.633. The molecule has 1 rings (SSSR count). The minimum atomic E-state index is -1.35. The predicted molar refractivity (Wildman–Crippen MR) is 47.6 cm³/mol. The molecule has 5 heteroatoms. The predicted octanol–water partition coefficient (Wildman–Crippen LogP) is 2.59. The molecule has 1 aromatic carbocycles. The maximum atomic E-state index is 13.0. The molecule has 0 fully saturated rings. The number of carboxylic acids is 1. The van der Waals surface area contributed by atoms with E-state index in [0.29, 0.717) is 6.07 Å². The number of aliphatic carboxylic acids is 1. The molecule has 0 amide bonds. The molecule has 15 heavy (non-hydrogen) atoms.